The first-order chi connectivity index (χ1) is 27.2. The van der Waals surface area contributed by atoms with Gasteiger partial charge in [-0.25, -0.2) is 0 Å². The maximum absolute atomic E-state index is 14.1. The number of ketones is 1. The molecule has 3 atom stereocenters. The SMILES string of the molecule is C/C(C1=CC(c2ccc(Cl)c(Cl)c2)OC(c2ccc(Cl)c(Cl)c2)=C1)=C1C(O)=C(/C(C)=C2\C=C(c3ccc(C)c(C)c3)OC(c3ccc(C)c(Cl)c3)=C2)C(=O)C2OC/12. The fourth-order valence-corrected chi connectivity index (χ4v) is 7.99. The van der Waals surface area contributed by atoms with E-state index in [-0.39, 0.29) is 17.1 Å². The van der Waals surface area contributed by atoms with Crippen LogP contribution in [0.25, 0.3) is 17.3 Å². The molecule has 4 aliphatic rings. The maximum Gasteiger partial charge on any atom is 0.198 e. The summed E-state index contributed by atoms with van der Waals surface area (Å²) in [4.78, 5) is 14.1. The number of allylic oxidation sites excluding steroid dienone is 7. The molecule has 0 aromatic heterocycles. The van der Waals surface area contributed by atoms with Gasteiger partial charge in [-0.05, 0) is 146 Å². The molecular weight excluding hydrogens is 822 g/mol. The molecule has 3 aliphatic heterocycles. The molecule has 8 rings (SSSR count). The Balaban J connectivity index is 1.29. The summed E-state index contributed by atoms with van der Waals surface area (Å²) >= 11 is 32.0. The lowest BCUT2D eigenvalue weighted by Gasteiger charge is -2.27. The number of halogens is 5. The van der Waals surface area contributed by atoms with Crippen LogP contribution in [0.1, 0.15) is 58.9 Å². The van der Waals surface area contributed by atoms with Crippen LogP contribution in [0, 0.1) is 20.8 Å². The van der Waals surface area contributed by atoms with Crippen LogP contribution in [0.15, 0.2) is 136 Å². The molecule has 1 saturated heterocycles. The van der Waals surface area contributed by atoms with Crippen molar-refractivity contribution in [1.29, 1.82) is 0 Å². The zero-order valence-electron chi connectivity index (χ0n) is 31.4. The molecule has 1 aliphatic carbocycles. The van der Waals surface area contributed by atoms with Gasteiger partial charge >= 0.3 is 0 Å². The molecule has 0 saturated carbocycles. The van der Waals surface area contributed by atoms with Gasteiger partial charge in [-0.15, -0.1) is 0 Å². The third kappa shape index (κ3) is 7.54. The van der Waals surface area contributed by atoms with Crippen molar-refractivity contribution < 1.29 is 24.1 Å². The normalized spacial score (nSPS) is 22.1. The fourth-order valence-electron chi connectivity index (χ4n) is 7.20. The molecule has 0 bridgehead atoms. The second-order valence-corrected chi connectivity index (χ2v) is 16.6. The van der Waals surface area contributed by atoms with E-state index in [1.807, 2.05) is 87.5 Å². The van der Waals surface area contributed by atoms with Gasteiger partial charge in [-0.1, -0.05) is 88.3 Å². The van der Waals surface area contributed by atoms with Crippen LogP contribution in [0.3, 0.4) is 0 Å². The van der Waals surface area contributed by atoms with Crippen molar-refractivity contribution in [3.8, 4) is 0 Å². The van der Waals surface area contributed by atoms with Gasteiger partial charge in [0.25, 0.3) is 0 Å². The van der Waals surface area contributed by atoms with E-state index in [4.69, 9.17) is 72.2 Å². The highest BCUT2D eigenvalue weighted by Crippen LogP contribution is 2.48. The number of aliphatic hydroxyl groups is 1. The number of epoxide rings is 1. The van der Waals surface area contributed by atoms with Crippen LogP contribution >= 0.6 is 58.0 Å². The average molecular weight is 857 g/mol. The lowest BCUT2D eigenvalue weighted by molar-refractivity contribution is -0.116. The van der Waals surface area contributed by atoms with E-state index >= 15 is 0 Å². The summed E-state index contributed by atoms with van der Waals surface area (Å²) in [6, 6.07) is 22.5. The molecule has 0 spiro atoms. The fraction of sp³-hybridized carbons (Fsp3) is 0.170. The molecule has 57 heavy (non-hydrogen) atoms. The highest BCUT2D eigenvalue weighted by atomic mass is 35.5. The predicted molar refractivity (Wildman–Crippen MR) is 231 cm³/mol. The van der Waals surface area contributed by atoms with Crippen LogP contribution in [-0.2, 0) is 19.0 Å². The second-order valence-electron chi connectivity index (χ2n) is 14.5. The molecule has 10 heteroatoms. The Hall–Kier alpha value is -4.46. The highest BCUT2D eigenvalue weighted by Gasteiger charge is 2.55. The maximum atomic E-state index is 14.1. The zero-order valence-corrected chi connectivity index (χ0v) is 35.2. The van der Waals surface area contributed by atoms with Gasteiger partial charge in [0.2, 0.25) is 0 Å². The van der Waals surface area contributed by atoms with Gasteiger partial charge in [0.15, 0.2) is 11.9 Å². The summed E-state index contributed by atoms with van der Waals surface area (Å²) in [5.74, 6) is 1.23. The Bertz CT molecular complexity index is 2590. The quantitative estimate of drug-likeness (QED) is 0.196. The number of hydrogen-bond donors (Lipinski definition) is 1. The van der Waals surface area contributed by atoms with E-state index in [1.54, 1.807) is 24.3 Å². The highest BCUT2D eigenvalue weighted by molar-refractivity contribution is 6.42. The third-order valence-corrected chi connectivity index (χ3v) is 12.7. The molecular formula is C47H35Cl5O5. The molecule has 0 radical (unpaired) electrons. The van der Waals surface area contributed by atoms with Crippen molar-refractivity contribution in [1.82, 2.24) is 0 Å². The largest absolute Gasteiger partial charge is 0.507 e. The molecule has 4 aromatic rings. The molecule has 3 heterocycles. The molecule has 1 N–H and O–H groups in total. The van der Waals surface area contributed by atoms with Crippen molar-refractivity contribution in [2.24, 2.45) is 0 Å². The van der Waals surface area contributed by atoms with Crippen LogP contribution in [0.4, 0.5) is 0 Å². The Labute approximate surface area is 356 Å². The van der Waals surface area contributed by atoms with Crippen molar-refractivity contribution in [2.45, 2.75) is 52.9 Å². The molecule has 288 valence electrons. The number of rotatable bonds is 6. The lowest BCUT2D eigenvalue weighted by Crippen LogP contribution is -2.24. The van der Waals surface area contributed by atoms with Gasteiger partial charge < -0.3 is 19.3 Å². The summed E-state index contributed by atoms with van der Waals surface area (Å²) in [7, 11) is 0. The topological polar surface area (TPSA) is 68.3 Å². The van der Waals surface area contributed by atoms with Gasteiger partial charge in [0.1, 0.15) is 35.2 Å². The van der Waals surface area contributed by atoms with Crippen molar-refractivity contribution in [3.63, 3.8) is 0 Å². The van der Waals surface area contributed by atoms with E-state index in [9.17, 15) is 9.90 Å². The number of aryl methyl sites for hydroxylation is 3. The summed E-state index contributed by atoms with van der Waals surface area (Å²) in [5, 5.41) is 14.4. The van der Waals surface area contributed by atoms with Gasteiger partial charge in [0.05, 0.1) is 25.7 Å². The second kappa shape index (κ2) is 15.4. The van der Waals surface area contributed by atoms with Gasteiger partial charge in [-0.3, -0.25) is 4.79 Å². The summed E-state index contributed by atoms with van der Waals surface area (Å²) < 4.78 is 19.1. The molecule has 0 amide bonds. The molecule has 4 aromatic carbocycles. The number of carbonyl (C=O) groups excluding carboxylic acids is 1. The van der Waals surface area contributed by atoms with Crippen LogP contribution in [-0.4, -0.2) is 23.1 Å². The van der Waals surface area contributed by atoms with E-state index in [0.29, 0.717) is 70.2 Å². The van der Waals surface area contributed by atoms with Crippen LogP contribution < -0.4 is 0 Å². The van der Waals surface area contributed by atoms with E-state index < -0.39 is 18.3 Å². The van der Waals surface area contributed by atoms with Crippen molar-refractivity contribution >= 4 is 81.1 Å². The monoisotopic (exact) mass is 854 g/mol. The minimum absolute atomic E-state index is 0.148. The van der Waals surface area contributed by atoms with Crippen molar-refractivity contribution in [2.75, 3.05) is 0 Å². The van der Waals surface area contributed by atoms with E-state index in [1.165, 1.54) is 0 Å². The first-order valence-corrected chi connectivity index (χ1v) is 20.1. The Kier molecular flexibility index (Phi) is 10.6. The van der Waals surface area contributed by atoms with E-state index in [2.05, 4.69) is 19.9 Å². The lowest BCUT2D eigenvalue weighted by atomic mass is 9.82. The minimum atomic E-state index is -0.747. The summed E-state index contributed by atoms with van der Waals surface area (Å²) in [6.45, 7) is 9.78. The number of aliphatic hydroxyl groups excluding tert-OH is 1. The van der Waals surface area contributed by atoms with E-state index in [0.717, 1.165) is 39.0 Å². The zero-order chi connectivity index (χ0) is 40.4. The number of ether oxygens (including phenoxy) is 3. The Morgan fingerprint density at radius 3 is 1.86 bits per heavy atom. The minimum Gasteiger partial charge on any atom is -0.507 e. The third-order valence-electron chi connectivity index (χ3n) is 10.8. The Morgan fingerprint density at radius 1 is 0.614 bits per heavy atom. The number of fused-ring (bicyclic) bond motifs is 1. The number of Topliss-reactive ketones (excluding diaryl/α,β-unsaturated/α-hetero) is 1. The first-order valence-electron chi connectivity index (χ1n) is 18.2. The molecule has 3 unspecified atom stereocenters. The number of carbonyl (C=O) groups is 1. The van der Waals surface area contributed by atoms with Crippen LogP contribution in [0.2, 0.25) is 25.1 Å². The van der Waals surface area contributed by atoms with Crippen LogP contribution in [0.5, 0.6) is 0 Å². The average Bonchev–Trinajstić information content (AvgIpc) is 4.00. The van der Waals surface area contributed by atoms with Crippen molar-refractivity contribution in [3.05, 3.63) is 200 Å². The van der Waals surface area contributed by atoms with Gasteiger partial charge in [-0.2, -0.15) is 0 Å². The smallest absolute Gasteiger partial charge is 0.198 e. The predicted octanol–water partition coefficient (Wildman–Crippen LogP) is 13.8. The number of hydrogen-bond acceptors (Lipinski definition) is 5. The molecule has 1 fully saturated rings. The van der Waals surface area contributed by atoms with Gasteiger partial charge in [0, 0.05) is 27.3 Å². The summed E-state index contributed by atoms with van der Waals surface area (Å²) in [5.41, 5.74) is 9.70. The number of benzene rings is 4. The standard InChI is InChI=1S/C47H35Cl5O5/c1-22-6-8-27(14-24(22)3)38-18-31(19-39(55-38)28-9-7-23(2)35(50)15-28)25(4)42-44(53)43(46-47(57-46)45(42)54)26(5)32-20-40(29-10-12-33(48)36(51)16-29)56-41(21-32)30-11-13-34(49)37(52)17-30/h6-21,40,46-47,53H,1-5H3/b31-25+,43-26+. The molecule has 5 nitrogen and oxygen atoms in total. The first kappa shape index (κ1) is 39.4. The Morgan fingerprint density at radius 2 is 1.21 bits per heavy atom. The summed E-state index contributed by atoms with van der Waals surface area (Å²) in [6.07, 6.45) is 5.63.